The first-order chi connectivity index (χ1) is 10.1. The molecule has 1 heterocycles. The molecule has 0 saturated carbocycles. The molecule has 2 rings (SSSR count). The SMILES string of the molecule is CCCn1ccnc1Cc1cc(F)ccc1CNC(C)C. The number of halogens is 1. The van der Waals surface area contributed by atoms with Gasteiger partial charge in [0.05, 0.1) is 0 Å². The van der Waals surface area contributed by atoms with Gasteiger partial charge in [0.1, 0.15) is 11.6 Å². The summed E-state index contributed by atoms with van der Waals surface area (Å²) in [5.74, 6) is 0.806. The Hall–Kier alpha value is -1.68. The van der Waals surface area contributed by atoms with E-state index in [1.165, 1.54) is 6.07 Å². The maximum atomic E-state index is 13.6. The van der Waals surface area contributed by atoms with Crippen molar-refractivity contribution in [1.29, 1.82) is 0 Å². The van der Waals surface area contributed by atoms with E-state index in [4.69, 9.17) is 0 Å². The molecular weight excluding hydrogens is 265 g/mol. The van der Waals surface area contributed by atoms with Gasteiger partial charge in [-0.1, -0.05) is 26.8 Å². The van der Waals surface area contributed by atoms with E-state index in [-0.39, 0.29) is 5.82 Å². The number of hydrogen-bond acceptors (Lipinski definition) is 2. The van der Waals surface area contributed by atoms with E-state index >= 15 is 0 Å². The van der Waals surface area contributed by atoms with Gasteiger partial charge in [0.15, 0.2) is 0 Å². The van der Waals surface area contributed by atoms with Gasteiger partial charge >= 0.3 is 0 Å². The lowest BCUT2D eigenvalue weighted by Crippen LogP contribution is -2.22. The van der Waals surface area contributed by atoms with Crippen molar-refractivity contribution in [2.75, 3.05) is 0 Å². The highest BCUT2D eigenvalue weighted by Gasteiger charge is 2.09. The van der Waals surface area contributed by atoms with Crippen molar-refractivity contribution in [3.05, 3.63) is 53.4 Å². The van der Waals surface area contributed by atoms with E-state index in [1.54, 1.807) is 6.07 Å². The van der Waals surface area contributed by atoms with Gasteiger partial charge in [0.2, 0.25) is 0 Å². The van der Waals surface area contributed by atoms with Gasteiger partial charge < -0.3 is 9.88 Å². The van der Waals surface area contributed by atoms with Crippen LogP contribution in [0.15, 0.2) is 30.6 Å². The fraction of sp³-hybridized carbons (Fsp3) is 0.471. The first-order valence-corrected chi connectivity index (χ1v) is 7.60. The average Bonchev–Trinajstić information content (AvgIpc) is 2.85. The highest BCUT2D eigenvalue weighted by atomic mass is 19.1. The summed E-state index contributed by atoms with van der Waals surface area (Å²) in [6.07, 6.45) is 5.54. The van der Waals surface area contributed by atoms with Crippen LogP contribution in [0.4, 0.5) is 4.39 Å². The summed E-state index contributed by atoms with van der Waals surface area (Å²) in [7, 11) is 0. The zero-order chi connectivity index (χ0) is 15.2. The van der Waals surface area contributed by atoms with Gasteiger partial charge in [0.25, 0.3) is 0 Å². The standard InChI is InChI=1S/C17H24FN3/c1-4-8-21-9-7-19-17(21)11-15-10-16(18)6-5-14(15)12-20-13(2)3/h5-7,9-10,13,20H,4,8,11-12H2,1-3H3. The van der Waals surface area contributed by atoms with Crippen molar-refractivity contribution in [1.82, 2.24) is 14.9 Å². The molecule has 0 saturated heterocycles. The van der Waals surface area contributed by atoms with Crippen molar-refractivity contribution < 1.29 is 4.39 Å². The number of aromatic nitrogens is 2. The third-order valence-corrected chi connectivity index (χ3v) is 3.48. The summed E-state index contributed by atoms with van der Waals surface area (Å²) in [6.45, 7) is 8.06. The topological polar surface area (TPSA) is 29.9 Å². The van der Waals surface area contributed by atoms with E-state index in [0.717, 1.165) is 36.5 Å². The molecule has 0 amide bonds. The third-order valence-electron chi connectivity index (χ3n) is 3.48. The fourth-order valence-electron chi connectivity index (χ4n) is 2.37. The fourth-order valence-corrected chi connectivity index (χ4v) is 2.37. The van der Waals surface area contributed by atoms with Crippen LogP contribution in [-0.4, -0.2) is 15.6 Å². The molecule has 0 atom stereocenters. The molecule has 1 aromatic carbocycles. The van der Waals surface area contributed by atoms with Crippen molar-refractivity contribution >= 4 is 0 Å². The Morgan fingerprint density at radius 2 is 2.10 bits per heavy atom. The molecule has 0 aliphatic rings. The molecule has 114 valence electrons. The summed E-state index contributed by atoms with van der Waals surface area (Å²) >= 11 is 0. The molecule has 1 N–H and O–H groups in total. The number of benzene rings is 1. The van der Waals surface area contributed by atoms with E-state index in [0.29, 0.717) is 12.5 Å². The highest BCUT2D eigenvalue weighted by Crippen LogP contribution is 2.16. The van der Waals surface area contributed by atoms with E-state index in [2.05, 4.69) is 35.6 Å². The Kier molecular flexibility index (Phi) is 5.51. The van der Waals surface area contributed by atoms with Crippen molar-refractivity contribution in [2.24, 2.45) is 0 Å². The van der Waals surface area contributed by atoms with E-state index in [9.17, 15) is 4.39 Å². The van der Waals surface area contributed by atoms with Crippen molar-refractivity contribution in [2.45, 2.75) is 52.7 Å². The highest BCUT2D eigenvalue weighted by molar-refractivity contribution is 5.30. The minimum atomic E-state index is -0.188. The molecule has 0 aliphatic carbocycles. The molecule has 0 bridgehead atoms. The monoisotopic (exact) mass is 289 g/mol. The second kappa shape index (κ2) is 7.36. The zero-order valence-electron chi connectivity index (χ0n) is 13.1. The minimum absolute atomic E-state index is 0.188. The van der Waals surface area contributed by atoms with Gasteiger partial charge in [-0.3, -0.25) is 0 Å². The van der Waals surface area contributed by atoms with E-state index in [1.807, 2.05) is 18.5 Å². The zero-order valence-corrected chi connectivity index (χ0v) is 13.1. The van der Waals surface area contributed by atoms with Gasteiger partial charge in [-0.05, 0) is 29.7 Å². The molecule has 1 aromatic heterocycles. The molecule has 3 nitrogen and oxygen atoms in total. The van der Waals surface area contributed by atoms with Crippen LogP contribution < -0.4 is 5.32 Å². The molecule has 0 radical (unpaired) electrons. The predicted molar refractivity (Wildman–Crippen MR) is 83.7 cm³/mol. The summed E-state index contributed by atoms with van der Waals surface area (Å²) in [5, 5.41) is 3.39. The van der Waals surface area contributed by atoms with Crippen LogP contribution in [0.2, 0.25) is 0 Å². The first kappa shape index (κ1) is 15.7. The lowest BCUT2D eigenvalue weighted by molar-refractivity contribution is 0.581. The van der Waals surface area contributed by atoms with Crippen LogP contribution in [0.5, 0.6) is 0 Å². The Bertz CT molecular complexity index is 575. The predicted octanol–water partition coefficient (Wildman–Crippen LogP) is 3.52. The molecule has 0 spiro atoms. The van der Waals surface area contributed by atoms with Gasteiger partial charge in [0, 0.05) is 37.9 Å². The van der Waals surface area contributed by atoms with Gasteiger partial charge in [-0.25, -0.2) is 9.37 Å². The average molecular weight is 289 g/mol. The van der Waals surface area contributed by atoms with Crippen LogP contribution in [0.3, 0.4) is 0 Å². The Labute approximate surface area is 126 Å². The molecule has 21 heavy (non-hydrogen) atoms. The largest absolute Gasteiger partial charge is 0.335 e. The van der Waals surface area contributed by atoms with Crippen LogP contribution in [0, 0.1) is 5.82 Å². The van der Waals surface area contributed by atoms with Crippen molar-refractivity contribution in [3.63, 3.8) is 0 Å². The minimum Gasteiger partial charge on any atom is -0.335 e. The normalized spacial score (nSPS) is 11.3. The second-order valence-electron chi connectivity index (χ2n) is 5.66. The molecule has 2 aromatic rings. The number of imidazole rings is 1. The summed E-state index contributed by atoms with van der Waals surface area (Å²) < 4.78 is 15.7. The smallest absolute Gasteiger partial charge is 0.123 e. The number of nitrogens with zero attached hydrogens (tertiary/aromatic N) is 2. The maximum Gasteiger partial charge on any atom is 0.123 e. The Balaban J connectivity index is 2.21. The van der Waals surface area contributed by atoms with Crippen LogP contribution in [0.25, 0.3) is 0 Å². The van der Waals surface area contributed by atoms with Gasteiger partial charge in [-0.2, -0.15) is 0 Å². The maximum absolute atomic E-state index is 13.6. The van der Waals surface area contributed by atoms with Gasteiger partial charge in [-0.15, -0.1) is 0 Å². The molecular formula is C17H24FN3. The van der Waals surface area contributed by atoms with Crippen LogP contribution >= 0.6 is 0 Å². The third kappa shape index (κ3) is 4.39. The Morgan fingerprint density at radius 1 is 1.29 bits per heavy atom. The summed E-state index contributed by atoms with van der Waals surface area (Å²) in [4.78, 5) is 4.42. The number of aryl methyl sites for hydroxylation is 1. The molecule has 0 unspecified atom stereocenters. The quantitative estimate of drug-likeness (QED) is 0.845. The lowest BCUT2D eigenvalue weighted by atomic mass is 10.0. The van der Waals surface area contributed by atoms with Crippen LogP contribution in [0.1, 0.15) is 44.1 Å². The molecule has 0 aliphatic heterocycles. The van der Waals surface area contributed by atoms with Crippen LogP contribution in [-0.2, 0) is 19.5 Å². The summed E-state index contributed by atoms with van der Waals surface area (Å²) in [5.41, 5.74) is 2.14. The lowest BCUT2D eigenvalue weighted by Gasteiger charge is -2.13. The number of rotatable bonds is 7. The Morgan fingerprint density at radius 3 is 2.81 bits per heavy atom. The molecule has 0 fully saturated rings. The summed E-state index contributed by atoms with van der Waals surface area (Å²) in [6, 6.07) is 5.43. The van der Waals surface area contributed by atoms with Crippen molar-refractivity contribution in [3.8, 4) is 0 Å². The first-order valence-electron chi connectivity index (χ1n) is 7.60. The molecule has 4 heteroatoms. The second-order valence-corrected chi connectivity index (χ2v) is 5.66. The van der Waals surface area contributed by atoms with E-state index < -0.39 is 0 Å². The number of nitrogens with one attached hydrogen (secondary N) is 1. The number of hydrogen-bond donors (Lipinski definition) is 1.